The average Bonchev–Trinajstić information content (AvgIpc) is 2.78. The molecule has 3 N–H and O–H groups in total. The normalized spacial score (nSPS) is 11.0. The van der Waals surface area contributed by atoms with Crippen molar-refractivity contribution in [2.24, 2.45) is 0 Å². The minimum Gasteiger partial charge on any atom is -0.463 e. The van der Waals surface area contributed by atoms with Crippen LogP contribution in [0.3, 0.4) is 0 Å². The Kier molecular flexibility index (Phi) is 7.96. The number of hydrogen-bond donors (Lipinski definition) is 3. The summed E-state index contributed by atoms with van der Waals surface area (Å²) >= 11 is 5.90. The smallest absolute Gasteiger partial charge is 0.326 e. The molecule has 0 spiro atoms. The van der Waals surface area contributed by atoms with Crippen LogP contribution in [0.1, 0.15) is 15.9 Å². The van der Waals surface area contributed by atoms with Crippen LogP contribution in [0.4, 0.5) is 19.3 Å². The summed E-state index contributed by atoms with van der Waals surface area (Å²) in [6, 6.07) is 15.2. The average molecular weight is 474 g/mol. The van der Waals surface area contributed by atoms with Gasteiger partial charge in [0.2, 0.25) is 0 Å². The predicted molar refractivity (Wildman–Crippen MR) is 119 cm³/mol. The van der Waals surface area contributed by atoms with E-state index in [-0.39, 0.29) is 0 Å². The molecule has 10 heteroatoms. The lowest BCUT2D eigenvalue weighted by Gasteiger charge is -2.10. The van der Waals surface area contributed by atoms with E-state index in [1.54, 1.807) is 36.4 Å². The van der Waals surface area contributed by atoms with Crippen LogP contribution in [0.5, 0.6) is 5.75 Å². The lowest BCUT2D eigenvalue weighted by molar-refractivity contribution is 0.0959. The summed E-state index contributed by atoms with van der Waals surface area (Å²) in [5.74, 6) is -2.91. The number of anilines is 1. The van der Waals surface area contributed by atoms with E-state index >= 15 is 0 Å². The first-order valence-corrected chi connectivity index (χ1v) is 9.83. The molecular formula is C23H18ClF2N3O4. The quantitative estimate of drug-likeness (QED) is 0.328. The first-order chi connectivity index (χ1) is 15.9. The second-order valence-electron chi connectivity index (χ2n) is 6.49. The van der Waals surface area contributed by atoms with Gasteiger partial charge in [-0.25, -0.2) is 13.6 Å². The fraction of sp³-hybridized carbons (Fsp3) is 0.0435. The highest BCUT2D eigenvalue weighted by molar-refractivity contribution is 6.30. The van der Waals surface area contributed by atoms with Crippen LogP contribution in [0, 0.1) is 11.6 Å². The SMILES string of the molecule is CONC(=COc1ccc(NC(=O)NC(=O)c2c(F)cccc2F)cc1)c1ccc(Cl)cc1. The Morgan fingerprint density at radius 3 is 2.18 bits per heavy atom. The zero-order chi connectivity index (χ0) is 23.8. The summed E-state index contributed by atoms with van der Waals surface area (Å²) in [7, 11) is 1.46. The third kappa shape index (κ3) is 6.52. The van der Waals surface area contributed by atoms with Crippen molar-refractivity contribution < 1.29 is 27.9 Å². The molecule has 3 amide bonds. The lowest BCUT2D eigenvalue weighted by Crippen LogP contribution is -2.35. The summed E-state index contributed by atoms with van der Waals surface area (Å²) in [5, 5.41) is 4.86. The Morgan fingerprint density at radius 2 is 1.58 bits per heavy atom. The van der Waals surface area contributed by atoms with Crippen LogP contribution in [0.15, 0.2) is 73.0 Å². The molecule has 7 nitrogen and oxygen atoms in total. The summed E-state index contributed by atoms with van der Waals surface area (Å²) < 4.78 is 32.9. The molecule has 0 aromatic heterocycles. The molecule has 3 aromatic rings. The highest BCUT2D eigenvalue weighted by atomic mass is 35.5. The number of benzene rings is 3. The van der Waals surface area contributed by atoms with Crippen molar-refractivity contribution in [2.75, 3.05) is 12.4 Å². The van der Waals surface area contributed by atoms with Crippen molar-refractivity contribution in [3.05, 3.63) is 101 Å². The van der Waals surface area contributed by atoms with Gasteiger partial charge >= 0.3 is 6.03 Å². The number of carbonyl (C=O) groups excluding carboxylic acids is 2. The molecule has 3 rings (SSSR count). The predicted octanol–water partition coefficient (Wildman–Crippen LogP) is 5.11. The molecule has 3 aromatic carbocycles. The van der Waals surface area contributed by atoms with Gasteiger partial charge in [0.25, 0.3) is 5.91 Å². The Bertz CT molecular complexity index is 1150. The van der Waals surface area contributed by atoms with Crippen LogP contribution in [0.2, 0.25) is 5.02 Å². The molecule has 0 unspecified atom stereocenters. The Morgan fingerprint density at radius 1 is 0.939 bits per heavy atom. The zero-order valence-electron chi connectivity index (χ0n) is 17.2. The second-order valence-corrected chi connectivity index (χ2v) is 6.93. The molecule has 0 aliphatic carbocycles. The van der Waals surface area contributed by atoms with Gasteiger partial charge in [0.1, 0.15) is 34.9 Å². The number of rotatable bonds is 7. The van der Waals surface area contributed by atoms with Gasteiger partial charge in [-0.2, -0.15) is 0 Å². The highest BCUT2D eigenvalue weighted by Gasteiger charge is 2.19. The van der Waals surface area contributed by atoms with E-state index in [1.807, 2.05) is 5.32 Å². The maximum absolute atomic E-state index is 13.7. The van der Waals surface area contributed by atoms with Crippen molar-refractivity contribution in [1.82, 2.24) is 10.8 Å². The molecule has 0 aliphatic heterocycles. The van der Waals surface area contributed by atoms with Gasteiger partial charge in [0, 0.05) is 16.3 Å². The maximum atomic E-state index is 13.7. The van der Waals surface area contributed by atoms with Gasteiger partial charge < -0.3 is 10.1 Å². The molecule has 0 saturated heterocycles. The van der Waals surface area contributed by atoms with E-state index in [0.717, 1.165) is 23.8 Å². The van der Waals surface area contributed by atoms with Gasteiger partial charge in [-0.15, -0.1) is 0 Å². The topological polar surface area (TPSA) is 88.7 Å². The van der Waals surface area contributed by atoms with Crippen LogP contribution in [-0.4, -0.2) is 19.0 Å². The maximum Gasteiger partial charge on any atom is 0.326 e. The van der Waals surface area contributed by atoms with E-state index in [2.05, 4.69) is 10.8 Å². The van der Waals surface area contributed by atoms with E-state index < -0.39 is 29.1 Å². The van der Waals surface area contributed by atoms with Crippen LogP contribution in [0.25, 0.3) is 5.70 Å². The number of nitrogens with one attached hydrogen (secondary N) is 3. The van der Waals surface area contributed by atoms with E-state index in [1.165, 1.54) is 25.5 Å². The number of carbonyl (C=O) groups is 2. The van der Waals surface area contributed by atoms with Crippen LogP contribution < -0.4 is 20.9 Å². The first kappa shape index (κ1) is 23.7. The van der Waals surface area contributed by atoms with Crippen molar-refractivity contribution in [1.29, 1.82) is 0 Å². The molecule has 0 saturated carbocycles. The number of ether oxygens (including phenoxy) is 1. The van der Waals surface area contributed by atoms with E-state index in [4.69, 9.17) is 21.2 Å². The number of halogens is 3. The van der Waals surface area contributed by atoms with Gasteiger partial charge in [0.15, 0.2) is 0 Å². The fourth-order valence-electron chi connectivity index (χ4n) is 2.68. The number of amides is 3. The Hall–Kier alpha value is -3.95. The molecule has 0 bridgehead atoms. The molecule has 0 heterocycles. The number of urea groups is 1. The Balaban J connectivity index is 1.61. The van der Waals surface area contributed by atoms with Crippen molar-refractivity contribution >= 4 is 34.9 Å². The summed E-state index contributed by atoms with van der Waals surface area (Å²) in [5.41, 5.74) is 3.49. The molecule has 0 aliphatic rings. The summed E-state index contributed by atoms with van der Waals surface area (Å²) in [6.07, 6.45) is 1.43. The third-order valence-electron chi connectivity index (χ3n) is 4.21. The molecule has 170 valence electrons. The fourth-order valence-corrected chi connectivity index (χ4v) is 2.80. The van der Waals surface area contributed by atoms with Crippen molar-refractivity contribution in [2.45, 2.75) is 0 Å². The molecule has 0 fully saturated rings. The molecule has 33 heavy (non-hydrogen) atoms. The number of hydroxylamine groups is 1. The number of imide groups is 1. The van der Waals surface area contributed by atoms with Crippen LogP contribution in [-0.2, 0) is 4.84 Å². The minimum absolute atomic E-state index is 0.318. The van der Waals surface area contributed by atoms with Crippen molar-refractivity contribution in [3.8, 4) is 5.75 Å². The third-order valence-corrected chi connectivity index (χ3v) is 4.46. The largest absolute Gasteiger partial charge is 0.463 e. The minimum atomic E-state index is -1.20. The molecular weight excluding hydrogens is 456 g/mol. The summed E-state index contributed by atoms with van der Waals surface area (Å²) in [4.78, 5) is 28.9. The monoisotopic (exact) mass is 473 g/mol. The number of hydrogen-bond acceptors (Lipinski definition) is 5. The van der Waals surface area contributed by atoms with Gasteiger partial charge in [-0.05, 0) is 48.5 Å². The van der Waals surface area contributed by atoms with Crippen LogP contribution >= 0.6 is 11.6 Å². The zero-order valence-corrected chi connectivity index (χ0v) is 18.0. The highest BCUT2D eigenvalue weighted by Crippen LogP contribution is 2.19. The van der Waals surface area contributed by atoms with Gasteiger partial charge in [0.05, 0.1) is 7.11 Å². The van der Waals surface area contributed by atoms with E-state index in [0.29, 0.717) is 22.2 Å². The van der Waals surface area contributed by atoms with E-state index in [9.17, 15) is 18.4 Å². The second kappa shape index (κ2) is 11.1. The first-order valence-electron chi connectivity index (χ1n) is 9.45. The lowest BCUT2D eigenvalue weighted by atomic mass is 10.2. The Labute approximate surface area is 192 Å². The van der Waals surface area contributed by atoms with Crippen molar-refractivity contribution in [3.63, 3.8) is 0 Å². The molecule has 0 radical (unpaired) electrons. The standard InChI is InChI=1S/C23H18ClF2N3O4/c1-32-29-20(14-5-7-15(24)8-6-14)13-33-17-11-9-16(10-12-17)27-23(31)28-22(30)21-18(25)3-2-4-19(21)26/h2-13,29H,1H3,(H2,27,28,30,31). The summed E-state index contributed by atoms with van der Waals surface area (Å²) in [6.45, 7) is 0. The van der Waals surface area contributed by atoms with Gasteiger partial charge in [-0.3, -0.25) is 20.4 Å². The molecule has 0 atom stereocenters. The van der Waals surface area contributed by atoms with Gasteiger partial charge in [-0.1, -0.05) is 29.8 Å².